The maximum atomic E-state index is 12.9. The highest BCUT2D eigenvalue weighted by Crippen LogP contribution is 2.30. The van der Waals surface area contributed by atoms with E-state index in [1.807, 2.05) is 6.92 Å². The van der Waals surface area contributed by atoms with E-state index in [1.54, 1.807) is 45.3 Å². The third-order valence-corrected chi connectivity index (χ3v) is 4.38. The van der Waals surface area contributed by atoms with Crippen molar-refractivity contribution in [3.8, 4) is 5.75 Å². The van der Waals surface area contributed by atoms with Crippen LogP contribution in [-0.2, 0) is 15.1 Å². The summed E-state index contributed by atoms with van der Waals surface area (Å²) in [7, 11) is 3.32. The lowest BCUT2D eigenvalue weighted by Gasteiger charge is -2.23. The SMILES string of the molecule is CCCNC(=O)C[NH+](C)CN1C(=O)N[C@@](C)(c2cccc(OC)c2)C1=O. The van der Waals surface area contributed by atoms with Crippen LogP contribution >= 0.6 is 0 Å². The molecule has 1 saturated heterocycles. The summed E-state index contributed by atoms with van der Waals surface area (Å²) in [4.78, 5) is 39.0. The fourth-order valence-corrected chi connectivity index (χ4v) is 2.90. The zero-order chi connectivity index (χ0) is 19.3. The first-order chi connectivity index (χ1) is 12.3. The Labute approximate surface area is 153 Å². The smallest absolute Gasteiger partial charge is 0.329 e. The second kappa shape index (κ2) is 8.18. The number of carbonyl (C=O) groups excluding carboxylic acids is 3. The van der Waals surface area contributed by atoms with E-state index in [1.165, 1.54) is 0 Å². The molecule has 2 atom stereocenters. The van der Waals surface area contributed by atoms with Crippen molar-refractivity contribution in [2.45, 2.75) is 25.8 Å². The number of imide groups is 1. The predicted octanol–water partition coefficient (Wildman–Crippen LogP) is -0.539. The average molecular weight is 363 g/mol. The number of hydrogen-bond donors (Lipinski definition) is 3. The van der Waals surface area contributed by atoms with E-state index >= 15 is 0 Å². The van der Waals surface area contributed by atoms with Crippen molar-refractivity contribution in [3.63, 3.8) is 0 Å². The van der Waals surface area contributed by atoms with Gasteiger partial charge in [0.1, 0.15) is 11.3 Å². The number of ether oxygens (including phenoxy) is 1. The number of urea groups is 1. The predicted molar refractivity (Wildman–Crippen MR) is 95.6 cm³/mol. The van der Waals surface area contributed by atoms with Crippen LogP contribution in [0, 0.1) is 0 Å². The van der Waals surface area contributed by atoms with E-state index in [0.717, 1.165) is 16.2 Å². The largest absolute Gasteiger partial charge is 0.497 e. The summed E-state index contributed by atoms with van der Waals surface area (Å²) in [6.07, 6.45) is 0.858. The Morgan fingerprint density at radius 2 is 2.12 bits per heavy atom. The first-order valence-electron chi connectivity index (χ1n) is 8.68. The van der Waals surface area contributed by atoms with Crippen LogP contribution in [0.25, 0.3) is 0 Å². The summed E-state index contributed by atoms with van der Waals surface area (Å²) in [5, 5.41) is 5.55. The number of hydrogen-bond acceptors (Lipinski definition) is 4. The summed E-state index contributed by atoms with van der Waals surface area (Å²) in [6, 6.07) is 6.60. The Bertz CT molecular complexity index is 694. The second-order valence-corrected chi connectivity index (χ2v) is 6.66. The summed E-state index contributed by atoms with van der Waals surface area (Å²) < 4.78 is 5.20. The standard InChI is InChI=1S/C18H26N4O4/c1-5-9-19-15(23)11-21(3)12-22-16(24)18(2,20-17(22)25)13-7-6-8-14(10-13)26-4/h6-8,10H,5,9,11-12H2,1-4H3,(H,19,23)(H,20,25)/p+1/t18-/m0/s1. The number of nitrogens with zero attached hydrogens (tertiary/aromatic N) is 1. The molecule has 0 aliphatic carbocycles. The summed E-state index contributed by atoms with van der Waals surface area (Å²) in [5.74, 6) is 0.163. The number of carbonyl (C=O) groups is 3. The molecule has 8 heteroatoms. The molecule has 3 N–H and O–H groups in total. The van der Waals surface area contributed by atoms with Gasteiger partial charge in [0.2, 0.25) is 0 Å². The zero-order valence-corrected chi connectivity index (χ0v) is 15.7. The minimum absolute atomic E-state index is 0.105. The van der Waals surface area contributed by atoms with Crippen molar-refractivity contribution in [2.75, 3.05) is 33.9 Å². The number of likely N-dealkylation sites (N-methyl/N-ethyl adjacent to an activating group) is 1. The molecule has 0 spiro atoms. The van der Waals surface area contributed by atoms with E-state index in [2.05, 4.69) is 10.6 Å². The molecule has 1 unspecified atom stereocenters. The average Bonchev–Trinajstić information content (AvgIpc) is 2.84. The molecular weight excluding hydrogens is 336 g/mol. The molecule has 8 nitrogen and oxygen atoms in total. The number of methoxy groups -OCH3 is 1. The minimum Gasteiger partial charge on any atom is -0.497 e. The van der Waals surface area contributed by atoms with E-state index in [0.29, 0.717) is 17.9 Å². The van der Waals surface area contributed by atoms with Gasteiger partial charge in [-0.15, -0.1) is 0 Å². The molecular formula is C18H27N4O4+. The number of nitrogens with one attached hydrogen (secondary N) is 3. The monoisotopic (exact) mass is 363 g/mol. The molecule has 142 valence electrons. The van der Waals surface area contributed by atoms with Crippen molar-refractivity contribution in [2.24, 2.45) is 0 Å². The summed E-state index contributed by atoms with van der Waals surface area (Å²) in [5.41, 5.74) is -0.507. The van der Waals surface area contributed by atoms with E-state index in [4.69, 9.17) is 4.74 Å². The van der Waals surface area contributed by atoms with Crippen LogP contribution in [0.3, 0.4) is 0 Å². The lowest BCUT2D eigenvalue weighted by molar-refractivity contribution is -0.879. The van der Waals surface area contributed by atoms with Crippen molar-refractivity contribution >= 4 is 17.8 Å². The molecule has 0 aromatic heterocycles. The van der Waals surface area contributed by atoms with Crippen molar-refractivity contribution in [1.29, 1.82) is 0 Å². The zero-order valence-electron chi connectivity index (χ0n) is 15.7. The maximum Gasteiger partial charge on any atom is 0.329 e. The van der Waals surface area contributed by atoms with Crippen LogP contribution in [0.5, 0.6) is 5.75 Å². The van der Waals surface area contributed by atoms with Crippen LogP contribution in [-0.4, -0.2) is 56.7 Å². The van der Waals surface area contributed by atoms with Gasteiger partial charge in [-0.1, -0.05) is 19.1 Å². The number of rotatable bonds is 8. The molecule has 1 aromatic rings. The quantitative estimate of drug-likeness (QED) is 0.541. The highest BCUT2D eigenvalue weighted by molar-refractivity contribution is 6.07. The number of quaternary nitrogens is 1. The molecule has 26 heavy (non-hydrogen) atoms. The summed E-state index contributed by atoms with van der Waals surface area (Å²) in [6.45, 7) is 4.56. The normalized spacial score (nSPS) is 20.7. The van der Waals surface area contributed by atoms with E-state index in [-0.39, 0.29) is 25.0 Å². The molecule has 1 aliphatic heterocycles. The highest BCUT2D eigenvalue weighted by atomic mass is 16.5. The number of amides is 4. The fourth-order valence-electron chi connectivity index (χ4n) is 2.90. The molecule has 1 fully saturated rings. The molecule has 1 aliphatic rings. The van der Waals surface area contributed by atoms with Gasteiger partial charge < -0.3 is 20.3 Å². The minimum atomic E-state index is -1.16. The van der Waals surface area contributed by atoms with Crippen LogP contribution < -0.4 is 20.3 Å². The van der Waals surface area contributed by atoms with E-state index < -0.39 is 11.6 Å². The molecule has 0 saturated carbocycles. The van der Waals surface area contributed by atoms with Gasteiger partial charge in [0.25, 0.3) is 11.8 Å². The Morgan fingerprint density at radius 1 is 1.38 bits per heavy atom. The Morgan fingerprint density at radius 3 is 2.77 bits per heavy atom. The molecule has 0 bridgehead atoms. The van der Waals surface area contributed by atoms with Gasteiger partial charge >= 0.3 is 6.03 Å². The Balaban J connectivity index is 2.09. The fraction of sp³-hybridized carbons (Fsp3) is 0.500. The third kappa shape index (κ3) is 4.13. The van der Waals surface area contributed by atoms with Gasteiger partial charge in [0, 0.05) is 6.54 Å². The molecule has 2 rings (SSSR count). The van der Waals surface area contributed by atoms with Crippen LogP contribution in [0.15, 0.2) is 24.3 Å². The van der Waals surface area contributed by atoms with E-state index in [9.17, 15) is 14.4 Å². The van der Waals surface area contributed by atoms with Crippen molar-refractivity contribution < 1.29 is 24.0 Å². The maximum absolute atomic E-state index is 12.9. The van der Waals surface area contributed by atoms with Gasteiger partial charge in [-0.2, -0.15) is 0 Å². The van der Waals surface area contributed by atoms with Crippen molar-refractivity contribution in [1.82, 2.24) is 15.5 Å². The molecule has 1 aromatic carbocycles. The van der Waals surface area contributed by atoms with Crippen molar-refractivity contribution in [3.05, 3.63) is 29.8 Å². The van der Waals surface area contributed by atoms with Gasteiger partial charge in [0.05, 0.1) is 14.2 Å². The molecule has 4 amide bonds. The number of benzene rings is 1. The highest BCUT2D eigenvalue weighted by Gasteiger charge is 2.50. The van der Waals surface area contributed by atoms with Gasteiger partial charge in [-0.3, -0.25) is 9.59 Å². The topological polar surface area (TPSA) is 92.2 Å². The van der Waals surface area contributed by atoms with Gasteiger partial charge in [-0.05, 0) is 31.0 Å². The van der Waals surface area contributed by atoms with Gasteiger partial charge in [0.15, 0.2) is 13.2 Å². The Kier molecular flexibility index (Phi) is 6.20. The Hall–Kier alpha value is -2.61. The first-order valence-corrected chi connectivity index (χ1v) is 8.68. The molecule has 1 heterocycles. The van der Waals surface area contributed by atoms with Crippen LogP contribution in [0.4, 0.5) is 4.79 Å². The first kappa shape index (κ1) is 19.7. The lowest BCUT2D eigenvalue weighted by Crippen LogP contribution is -3.12. The van der Waals surface area contributed by atoms with Crippen LogP contribution in [0.1, 0.15) is 25.8 Å². The third-order valence-electron chi connectivity index (χ3n) is 4.38. The molecule has 0 radical (unpaired) electrons. The van der Waals surface area contributed by atoms with Crippen LogP contribution in [0.2, 0.25) is 0 Å². The summed E-state index contributed by atoms with van der Waals surface area (Å²) >= 11 is 0. The second-order valence-electron chi connectivity index (χ2n) is 6.66. The lowest BCUT2D eigenvalue weighted by atomic mass is 9.92. The van der Waals surface area contributed by atoms with Gasteiger partial charge in [-0.25, -0.2) is 9.69 Å².